The van der Waals surface area contributed by atoms with Gasteiger partial charge in [-0.2, -0.15) is 0 Å². The SMILES string of the molecule is COc1cc(C=P(c2ccccc2)(c2ccccc2)c2ccccc2)cc(OC)c1. The third kappa shape index (κ3) is 3.92. The van der Waals surface area contributed by atoms with Gasteiger partial charge in [0.05, 0.1) is 14.2 Å². The Morgan fingerprint density at radius 2 is 0.900 bits per heavy atom. The van der Waals surface area contributed by atoms with Gasteiger partial charge >= 0.3 is 0 Å². The van der Waals surface area contributed by atoms with E-state index in [9.17, 15) is 0 Å². The minimum absolute atomic E-state index is 0.785. The van der Waals surface area contributed by atoms with Crippen LogP contribution in [0.15, 0.2) is 109 Å². The predicted molar refractivity (Wildman–Crippen MR) is 130 cm³/mol. The zero-order chi connectivity index (χ0) is 20.8. The molecule has 0 aromatic heterocycles. The lowest BCUT2D eigenvalue weighted by Gasteiger charge is -2.29. The van der Waals surface area contributed by atoms with Gasteiger partial charge < -0.3 is 9.47 Å². The summed E-state index contributed by atoms with van der Waals surface area (Å²) in [5.41, 5.74) is 1.08. The molecule has 0 bridgehead atoms. The first-order chi connectivity index (χ1) is 14.8. The van der Waals surface area contributed by atoms with Gasteiger partial charge in [-0.25, -0.2) is 0 Å². The van der Waals surface area contributed by atoms with Crippen molar-refractivity contribution in [3.05, 3.63) is 115 Å². The summed E-state index contributed by atoms with van der Waals surface area (Å²) in [6.45, 7) is -2.07. The molecule has 0 fully saturated rings. The van der Waals surface area contributed by atoms with Crippen molar-refractivity contribution in [1.29, 1.82) is 0 Å². The second kappa shape index (κ2) is 9.07. The van der Waals surface area contributed by atoms with Gasteiger partial charge in [0.2, 0.25) is 0 Å². The molecule has 4 rings (SSSR count). The molecule has 3 heteroatoms. The van der Waals surface area contributed by atoms with Crippen LogP contribution in [-0.2, 0) is 0 Å². The third-order valence-corrected chi connectivity index (χ3v) is 9.23. The van der Waals surface area contributed by atoms with Crippen LogP contribution in [0.5, 0.6) is 11.5 Å². The molecule has 150 valence electrons. The van der Waals surface area contributed by atoms with E-state index in [1.165, 1.54) is 15.9 Å². The van der Waals surface area contributed by atoms with Crippen LogP contribution in [0.1, 0.15) is 5.56 Å². The maximum absolute atomic E-state index is 5.54. The molecule has 0 radical (unpaired) electrons. The van der Waals surface area contributed by atoms with Crippen LogP contribution in [-0.4, -0.2) is 20.0 Å². The molecule has 0 heterocycles. The zero-order valence-electron chi connectivity index (χ0n) is 17.2. The molecule has 0 spiro atoms. The Kier molecular flexibility index (Phi) is 6.07. The number of methoxy groups -OCH3 is 2. The van der Waals surface area contributed by atoms with Crippen molar-refractivity contribution in [3.8, 4) is 11.5 Å². The van der Waals surface area contributed by atoms with Crippen LogP contribution in [0.4, 0.5) is 0 Å². The maximum Gasteiger partial charge on any atom is 0.123 e. The topological polar surface area (TPSA) is 18.5 Å². The molecule has 2 nitrogen and oxygen atoms in total. The fourth-order valence-corrected chi connectivity index (χ4v) is 7.65. The van der Waals surface area contributed by atoms with E-state index in [1.807, 2.05) is 6.07 Å². The lowest BCUT2D eigenvalue weighted by molar-refractivity contribution is 0.394. The molecule has 0 saturated carbocycles. The highest BCUT2D eigenvalue weighted by Crippen LogP contribution is 2.44. The van der Waals surface area contributed by atoms with Gasteiger partial charge in [0.15, 0.2) is 0 Å². The summed E-state index contributed by atoms with van der Waals surface area (Å²) in [5.74, 6) is 3.98. The second-order valence-corrected chi connectivity index (χ2v) is 10.3. The average Bonchev–Trinajstić information content (AvgIpc) is 2.84. The van der Waals surface area contributed by atoms with Gasteiger partial charge in [-0.3, -0.25) is 0 Å². The smallest absolute Gasteiger partial charge is 0.123 e. The molecule has 0 aliphatic heterocycles. The van der Waals surface area contributed by atoms with E-state index in [2.05, 4.69) is 109 Å². The fourth-order valence-electron chi connectivity index (χ4n) is 3.79. The lowest BCUT2D eigenvalue weighted by Crippen LogP contribution is -2.27. The van der Waals surface area contributed by atoms with Gasteiger partial charge in [-0.05, 0) is 46.3 Å². The van der Waals surface area contributed by atoms with Crippen LogP contribution < -0.4 is 25.4 Å². The van der Waals surface area contributed by atoms with E-state index in [1.54, 1.807) is 14.2 Å². The summed E-state index contributed by atoms with van der Waals surface area (Å²) in [4.78, 5) is 0. The summed E-state index contributed by atoms with van der Waals surface area (Å²) < 4.78 is 11.1. The van der Waals surface area contributed by atoms with Crippen LogP contribution >= 0.6 is 6.89 Å². The normalized spacial score (nSPS) is 11.0. The van der Waals surface area contributed by atoms with E-state index in [-0.39, 0.29) is 0 Å². The first-order valence-corrected chi connectivity index (χ1v) is 11.8. The van der Waals surface area contributed by atoms with E-state index >= 15 is 0 Å². The Labute approximate surface area is 178 Å². The van der Waals surface area contributed by atoms with Crippen molar-refractivity contribution in [1.82, 2.24) is 0 Å². The lowest BCUT2D eigenvalue weighted by atomic mass is 10.2. The molecule has 0 aliphatic rings. The molecular weight excluding hydrogens is 387 g/mol. The summed E-state index contributed by atoms with van der Waals surface area (Å²) >= 11 is 0. The first-order valence-electron chi connectivity index (χ1n) is 9.91. The van der Waals surface area contributed by atoms with Crippen LogP contribution in [0, 0.1) is 0 Å². The molecule has 0 N–H and O–H groups in total. The van der Waals surface area contributed by atoms with Crippen LogP contribution in [0.3, 0.4) is 0 Å². The summed E-state index contributed by atoms with van der Waals surface area (Å²) in [7, 11) is 3.37. The standard InChI is InChI=1S/C27H25O2P/c1-28-23-18-22(19-24(20-23)29-2)21-30(25-12-6-3-7-13-25,26-14-8-4-9-15-26)27-16-10-5-11-17-27/h3-21H,1-2H3. The number of hydrogen-bond donors (Lipinski definition) is 0. The van der Waals surface area contributed by atoms with Crippen molar-refractivity contribution < 1.29 is 9.47 Å². The van der Waals surface area contributed by atoms with Crippen molar-refractivity contribution in [2.75, 3.05) is 14.2 Å². The number of rotatable bonds is 6. The van der Waals surface area contributed by atoms with Crippen LogP contribution in [0.25, 0.3) is 0 Å². The third-order valence-electron chi connectivity index (χ3n) is 5.21. The molecule has 0 saturated heterocycles. The van der Waals surface area contributed by atoms with Gasteiger partial charge in [0.1, 0.15) is 11.5 Å². The minimum Gasteiger partial charge on any atom is -0.497 e. The largest absolute Gasteiger partial charge is 0.497 e. The van der Waals surface area contributed by atoms with Crippen molar-refractivity contribution in [2.45, 2.75) is 0 Å². The molecule has 30 heavy (non-hydrogen) atoms. The minimum atomic E-state index is -2.07. The highest BCUT2D eigenvalue weighted by atomic mass is 31.2. The quantitative estimate of drug-likeness (QED) is 0.422. The molecule has 0 amide bonds. The number of benzene rings is 4. The Morgan fingerprint density at radius 1 is 0.533 bits per heavy atom. The molecule has 0 atom stereocenters. The van der Waals surface area contributed by atoms with Crippen molar-refractivity contribution in [3.63, 3.8) is 0 Å². The molecule has 0 unspecified atom stereocenters. The van der Waals surface area contributed by atoms with Gasteiger partial charge in [-0.15, -0.1) is 0 Å². The van der Waals surface area contributed by atoms with Gasteiger partial charge in [0, 0.05) is 6.07 Å². The molecule has 0 aliphatic carbocycles. The maximum atomic E-state index is 5.54. The van der Waals surface area contributed by atoms with E-state index in [0.717, 1.165) is 17.1 Å². The summed E-state index contributed by atoms with van der Waals surface area (Å²) in [6.07, 6.45) is 0. The Morgan fingerprint density at radius 3 is 1.23 bits per heavy atom. The second-order valence-electron chi connectivity index (χ2n) is 7.00. The molecule has 4 aromatic carbocycles. The van der Waals surface area contributed by atoms with Crippen LogP contribution in [0.2, 0.25) is 0 Å². The number of ether oxygens (including phenoxy) is 2. The summed E-state index contributed by atoms with van der Waals surface area (Å²) in [5, 5.41) is 3.93. The first kappa shape index (κ1) is 20.1. The zero-order valence-corrected chi connectivity index (χ0v) is 18.1. The highest BCUT2D eigenvalue weighted by molar-refractivity contribution is 7.94. The molecular formula is C27H25O2P. The molecule has 4 aromatic rings. The van der Waals surface area contributed by atoms with Crippen molar-refractivity contribution in [2.24, 2.45) is 0 Å². The highest BCUT2D eigenvalue weighted by Gasteiger charge is 2.25. The van der Waals surface area contributed by atoms with Gasteiger partial charge in [-0.1, -0.05) is 91.0 Å². The number of hydrogen-bond acceptors (Lipinski definition) is 2. The average molecular weight is 412 g/mol. The Bertz CT molecular complexity index is 1030. The Hall–Kier alpha value is -3.22. The predicted octanol–water partition coefficient (Wildman–Crippen LogP) is 4.85. The van der Waals surface area contributed by atoms with Gasteiger partial charge in [0.25, 0.3) is 0 Å². The monoisotopic (exact) mass is 412 g/mol. The Balaban J connectivity index is 2.12. The van der Waals surface area contributed by atoms with E-state index in [4.69, 9.17) is 9.47 Å². The van der Waals surface area contributed by atoms with Crippen molar-refractivity contribution >= 4 is 28.6 Å². The summed E-state index contributed by atoms with van der Waals surface area (Å²) in [6, 6.07) is 38.4. The fraction of sp³-hybridized carbons (Fsp3) is 0.0741. The van der Waals surface area contributed by atoms with E-state index in [0.29, 0.717) is 0 Å². The van der Waals surface area contributed by atoms with E-state index < -0.39 is 6.89 Å².